The minimum absolute atomic E-state index is 0.0872. The Morgan fingerprint density at radius 2 is 2.17 bits per heavy atom. The van der Waals surface area contributed by atoms with Gasteiger partial charge in [0.15, 0.2) is 0 Å². The molecule has 0 saturated heterocycles. The average Bonchev–Trinajstić information content (AvgIpc) is 2.77. The maximum absolute atomic E-state index is 9.28. The number of aromatic nitrogens is 1. The molecule has 0 radical (unpaired) electrons. The predicted octanol–water partition coefficient (Wildman–Crippen LogP) is 3.86. The minimum Gasteiger partial charge on any atom is -0.392 e. The first-order chi connectivity index (χ1) is 8.61. The molecule has 3 nitrogen and oxygen atoms in total. The third-order valence-electron chi connectivity index (χ3n) is 2.43. The number of aliphatic hydroxyl groups is 1. The van der Waals surface area contributed by atoms with Gasteiger partial charge in [0.1, 0.15) is 5.01 Å². The Morgan fingerprint density at radius 1 is 1.39 bits per heavy atom. The molecule has 0 aliphatic carbocycles. The zero-order chi connectivity index (χ0) is 13.1. The van der Waals surface area contributed by atoms with E-state index in [1.165, 1.54) is 0 Å². The molecule has 0 atom stereocenters. The van der Waals surface area contributed by atoms with Crippen molar-refractivity contribution in [3.05, 3.63) is 43.8 Å². The van der Waals surface area contributed by atoms with E-state index in [9.17, 15) is 5.11 Å². The van der Waals surface area contributed by atoms with E-state index >= 15 is 0 Å². The van der Waals surface area contributed by atoms with Crippen LogP contribution in [0.2, 0.25) is 10.0 Å². The zero-order valence-corrected chi connectivity index (χ0v) is 12.0. The van der Waals surface area contributed by atoms with Crippen molar-refractivity contribution in [2.45, 2.75) is 20.1 Å². The Hall–Kier alpha value is -0.810. The van der Waals surface area contributed by atoms with Crippen molar-refractivity contribution in [2.24, 2.45) is 0 Å². The largest absolute Gasteiger partial charge is 0.392 e. The normalized spacial score (nSPS) is 10.7. The summed E-state index contributed by atoms with van der Waals surface area (Å²) >= 11 is 13.7. The van der Waals surface area contributed by atoms with Gasteiger partial charge in [0.2, 0.25) is 0 Å². The van der Waals surface area contributed by atoms with Crippen LogP contribution in [0.3, 0.4) is 0 Å². The molecule has 18 heavy (non-hydrogen) atoms. The highest BCUT2D eigenvalue weighted by molar-refractivity contribution is 7.09. The summed E-state index contributed by atoms with van der Waals surface area (Å²) in [5, 5.41) is 16.3. The van der Waals surface area contributed by atoms with E-state index < -0.39 is 0 Å². The lowest BCUT2D eigenvalue weighted by atomic mass is 10.2. The van der Waals surface area contributed by atoms with E-state index in [0.29, 0.717) is 22.3 Å². The molecule has 0 aliphatic rings. The second-order valence-corrected chi connectivity index (χ2v) is 5.52. The van der Waals surface area contributed by atoms with Crippen molar-refractivity contribution < 1.29 is 5.11 Å². The number of rotatable bonds is 4. The minimum atomic E-state index is -0.0872. The second kappa shape index (κ2) is 5.89. The van der Waals surface area contributed by atoms with E-state index in [-0.39, 0.29) is 6.61 Å². The predicted molar refractivity (Wildman–Crippen MR) is 76.6 cm³/mol. The van der Waals surface area contributed by atoms with Gasteiger partial charge in [-0.25, -0.2) is 4.98 Å². The number of halogens is 2. The number of nitrogens with zero attached hydrogens (tertiary/aromatic N) is 1. The molecule has 0 unspecified atom stereocenters. The molecule has 96 valence electrons. The monoisotopic (exact) mass is 302 g/mol. The van der Waals surface area contributed by atoms with Crippen LogP contribution in [-0.2, 0) is 13.2 Å². The van der Waals surface area contributed by atoms with Crippen molar-refractivity contribution in [3.8, 4) is 0 Å². The molecule has 0 saturated carbocycles. The first-order valence-electron chi connectivity index (χ1n) is 5.34. The molecule has 1 aromatic heterocycles. The quantitative estimate of drug-likeness (QED) is 0.901. The SMILES string of the molecule is Cc1csc(CNc2c(CO)ccc(Cl)c2Cl)n1. The van der Waals surface area contributed by atoms with Crippen LogP contribution in [0.25, 0.3) is 0 Å². The lowest BCUT2D eigenvalue weighted by Gasteiger charge is -2.12. The van der Waals surface area contributed by atoms with Crippen molar-refractivity contribution in [2.75, 3.05) is 5.32 Å². The standard InChI is InChI=1S/C12H12Cl2N2OS/c1-7-6-18-10(16-7)4-15-12-8(5-17)2-3-9(13)11(12)14/h2-3,6,15,17H,4-5H2,1H3. The van der Waals surface area contributed by atoms with Crippen LogP contribution in [0.15, 0.2) is 17.5 Å². The second-order valence-electron chi connectivity index (χ2n) is 3.79. The Kier molecular flexibility index (Phi) is 4.45. The van der Waals surface area contributed by atoms with E-state index in [1.54, 1.807) is 23.5 Å². The number of nitrogens with one attached hydrogen (secondary N) is 1. The molecule has 2 N–H and O–H groups in total. The molecule has 2 aromatic rings. The molecule has 1 heterocycles. The molecular formula is C12H12Cl2N2OS. The number of hydrogen-bond donors (Lipinski definition) is 2. The van der Waals surface area contributed by atoms with Crippen LogP contribution in [0.1, 0.15) is 16.3 Å². The van der Waals surface area contributed by atoms with Gasteiger partial charge in [-0.1, -0.05) is 29.3 Å². The summed E-state index contributed by atoms with van der Waals surface area (Å²) in [6.07, 6.45) is 0. The molecular weight excluding hydrogens is 291 g/mol. The number of aliphatic hydroxyl groups excluding tert-OH is 1. The van der Waals surface area contributed by atoms with Gasteiger partial charge in [-0.3, -0.25) is 0 Å². The maximum Gasteiger partial charge on any atom is 0.112 e. The highest BCUT2D eigenvalue weighted by Gasteiger charge is 2.10. The van der Waals surface area contributed by atoms with Crippen LogP contribution < -0.4 is 5.32 Å². The van der Waals surface area contributed by atoms with Crippen LogP contribution in [-0.4, -0.2) is 10.1 Å². The van der Waals surface area contributed by atoms with Crippen molar-refractivity contribution >= 4 is 40.2 Å². The highest BCUT2D eigenvalue weighted by Crippen LogP contribution is 2.33. The molecule has 2 rings (SSSR count). The summed E-state index contributed by atoms with van der Waals surface area (Å²) in [7, 11) is 0. The fourth-order valence-electron chi connectivity index (χ4n) is 1.56. The number of aryl methyl sites for hydroxylation is 1. The summed E-state index contributed by atoms with van der Waals surface area (Å²) in [6.45, 7) is 2.42. The molecule has 0 aliphatic heterocycles. The Morgan fingerprint density at radius 3 is 2.78 bits per heavy atom. The van der Waals surface area contributed by atoms with Crippen molar-refractivity contribution in [1.29, 1.82) is 0 Å². The first-order valence-corrected chi connectivity index (χ1v) is 6.98. The van der Waals surface area contributed by atoms with Crippen molar-refractivity contribution in [1.82, 2.24) is 4.98 Å². The van der Waals surface area contributed by atoms with E-state index in [0.717, 1.165) is 16.3 Å². The highest BCUT2D eigenvalue weighted by atomic mass is 35.5. The first kappa shape index (κ1) is 13.6. The van der Waals surface area contributed by atoms with E-state index in [2.05, 4.69) is 10.3 Å². The van der Waals surface area contributed by atoms with Crippen LogP contribution in [0.4, 0.5) is 5.69 Å². The smallest absolute Gasteiger partial charge is 0.112 e. The van der Waals surface area contributed by atoms with E-state index in [1.807, 2.05) is 12.3 Å². The molecule has 0 bridgehead atoms. The summed E-state index contributed by atoms with van der Waals surface area (Å²) in [4.78, 5) is 4.35. The maximum atomic E-state index is 9.28. The zero-order valence-electron chi connectivity index (χ0n) is 9.70. The summed E-state index contributed by atoms with van der Waals surface area (Å²) in [5.74, 6) is 0. The third kappa shape index (κ3) is 2.95. The lowest BCUT2D eigenvalue weighted by Crippen LogP contribution is -2.03. The van der Waals surface area contributed by atoms with Gasteiger partial charge >= 0.3 is 0 Å². The van der Waals surface area contributed by atoms with Gasteiger partial charge in [-0.05, 0) is 13.0 Å². The van der Waals surface area contributed by atoms with Crippen LogP contribution in [0.5, 0.6) is 0 Å². The fraction of sp³-hybridized carbons (Fsp3) is 0.250. The Labute approximate surface area is 119 Å². The van der Waals surface area contributed by atoms with Crippen LogP contribution in [0, 0.1) is 6.92 Å². The summed E-state index contributed by atoms with van der Waals surface area (Å²) in [6, 6.07) is 3.43. The Bertz CT molecular complexity index is 557. The number of benzene rings is 1. The molecule has 6 heteroatoms. The van der Waals surface area contributed by atoms with Gasteiger partial charge in [-0.2, -0.15) is 0 Å². The number of anilines is 1. The third-order valence-corrected chi connectivity index (χ3v) is 4.21. The van der Waals surface area contributed by atoms with Gasteiger partial charge in [0.25, 0.3) is 0 Å². The van der Waals surface area contributed by atoms with Gasteiger partial charge in [0.05, 0.1) is 28.9 Å². The number of hydrogen-bond acceptors (Lipinski definition) is 4. The molecule has 0 spiro atoms. The lowest BCUT2D eigenvalue weighted by molar-refractivity contribution is 0.282. The molecule has 0 amide bonds. The van der Waals surface area contributed by atoms with E-state index in [4.69, 9.17) is 23.2 Å². The number of thiazole rings is 1. The molecule has 0 fully saturated rings. The summed E-state index contributed by atoms with van der Waals surface area (Å²) < 4.78 is 0. The average molecular weight is 303 g/mol. The molecule has 1 aromatic carbocycles. The van der Waals surface area contributed by atoms with Crippen molar-refractivity contribution in [3.63, 3.8) is 0 Å². The topological polar surface area (TPSA) is 45.1 Å². The van der Waals surface area contributed by atoms with Crippen LogP contribution >= 0.6 is 34.5 Å². The van der Waals surface area contributed by atoms with Gasteiger partial charge in [0, 0.05) is 16.6 Å². The van der Waals surface area contributed by atoms with Gasteiger partial charge < -0.3 is 10.4 Å². The fourth-order valence-corrected chi connectivity index (χ4v) is 2.68. The Balaban J connectivity index is 2.20. The van der Waals surface area contributed by atoms with Gasteiger partial charge in [-0.15, -0.1) is 11.3 Å². The summed E-state index contributed by atoms with van der Waals surface area (Å²) in [5.41, 5.74) is 2.38.